The third-order valence-electron chi connectivity index (χ3n) is 3.33. The summed E-state index contributed by atoms with van der Waals surface area (Å²) in [6, 6.07) is 13.8. The van der Waals surface area contributed by atoms with E-state index in [9.17, 15) is 4.79 Å². The van der Waals surface area contributed by atoms with Crippen LogP contribution in [0.2, 0.25) is 0 Å². The highest BCUT2D eigenvalue weighted by Crippen LogP contribution is 2.45. The van der Waals surface area contributed by atoms with Crippen LogP contribution in [0.25, 0.3) is 0 Å². The summed E-state index contributed by atoms with van der Waals surface area (Å²) in [5.74, 6) is -0.0967. The van der Waals surface area contributed by atoms with Crippen molar-refractivity contribution in [3.8, 4) is 0 Å². The van der Waals surface area contributed by atoms with Gasteiger partial charge in [0.2, 0.25) is 0 Å². The second-order valence-electron chi connectivity index (χ2n) is 4.64. The molecular weight excluding hydrogens is 284 g/mol. The summed E-state index contributed by atoms with van der Waals surface area (Å²) in [5.41, 5.74) is 2.93. The highest BCUT2D eigenvalue weighted by molar-refractivity contribution is 7.99. The largest absolute Gasteiger partial charge is 0.364 e. The monoisotopic (exact) mass is 294 g/mol. The average Bonchev–Trinajstić information content (AvgIpc) is 3.06. The van der Waals surface area contributed by atoms with Gasteiger partial charge in [-0.25, -0.2) is 0 Å². The molecule has 0 amide bonds. The van der Waals surface area contributed by atoms with Gasteiger partial charge in [-0.1, -0.05) is 35.1 Å². The van der Waals surface area contributed by atoms with Crippen molar-refractivity contribution in [3.63, 3.8) is 0 Å². The Labute approximate surface area is 125 Å². The first-order chi connectivity index (χ1) is 10.3. The van der Waals surface area contributed by atoms with E-state index >= 15 is 0 Å². The van der Waals surface area contributed by atoms with Crippen LogP contribution < -0.4 is 5.32 Å². The van der Waals surface area contributed by atoms with Gasteiger partial charge in [-0.2, -0.15) is 0 Å². The minimum Gasteiger partial charge on any atom is -0.364 e. The minimum absolute atomic E-state index is 0.0967. The number of nitrogens with zero attached hydrogens (tertiary/aromatic N) is 1. The summed E-state index contributed by atoms with van der Waals surface area (Å²) in [6.45, 7) is 0. The van der Waals surface area contributed by atoms with E-state index in [-0.39, 0.29) is 5.78 Å². The van der Waals surface area contributed by atoms with E-state index in [4.69, 9.17) is 4.52 Å². The molecule has 2 heterocycles. The van der Waals surface area contributed by atoms with Gasteiger partial charge in [0.15, 0.2) is 5.78 Å². The van der Waals surface area contributed by atoms with E-state index in [1.54, 1.807) is 11.8 Å². The molecule has 1 aliphatic heterocycles. The second-order valence-corrected chi connectivity index (χ2v) is 5.73. The van der Waals surface area contributed by atoms with Crippen LogP contribution in [0, 0.1) is 0 Å². The SMILES string of the molecule is O=C(c1cnoc1)c1cccc2c1Nc1ccccc1S2. The Morgan fingerprint density at radius 1 is 1.10 bits per heavy atom. The molecule has 1 aromatic heterocycles. The van der Waals surface area contributed by atoms with Crippen molar-refractivity contribution < 1.29 is 9.32 Å². The molecule has 1 aliphatic rings. The molecule has 0 bridgehead atoms. The highest BCUT2D eigenvalue weighted by atomic mass is 32.2. The molecule has 2 aromatic carbocycles. The normalized spacial score (nSPS) is 12.2. The number of hydrogen-bond acceptors (Lipinski definition) is 5. The number of para-hydroxylation sites is 2. The Hall–Kier alpha value is -2.53. The predicted octanol–water partition coefficient (Wildman–Crippen LogP) is 4.11. The van der Waals surface area contributed by atoms with E-state index in [0.717, 1.165) is 21.2 Å². The van der Waals surface area contributed by atoms with Crippen molar-refractivity contribution in [2.45, 2.75) is 9.79 Å². The summed E-state index contributed by atoms with van der Waals surface area (Å²) in [6.07, 6.45) is 2.80. The quantitative estimate of drug-likeness (QED) is 0.564. The van der Waals surface area contributed by atoms with E-state index in [2.05, 4.69) is 16.5 Å². The summed E-state index contributed by atoms with van der Waals surface area (Å²) in [7, 11) is 0. The van der Waals surface area contributed by atoms with Gasteiger partial charge in [0, 0.05) is 15.4 Å². The maximum atomic E-state index is 12.5. The van der Waals surface area contributed by atoms with Crippen LogP contribution in [0.5, 0.6) is 0 Å². The summed E-state index contributed by atoms with van der Waals surface area (Å²) >= 11 is 1.66. The van der Waals surface area contributed by atoms with Gasteiger partial charge in [0.25, 0.3) is 0 Å². The zero-order valence-corrected chi connectivity index (χ0v) is 11.7. The molecule has 5 heteroatoms. The van der Waals surface area contributed by atoms with E-state index < -0.39 is 0 Å². The number of fused-ring (bicyclic) bond motifs is 2. The number of benzene rings is 2. The van der Waals surface area contributed by atoms with Gasteiger partial charge in [-0.05, 0) is 24.3 Å². The fourth-order valence-electron chi connectivity index (χ4n) is 2.32. The molecule has 0 fully saturated rings. The van der Waals surface area contributed by atoms with Crippen LogP contribution in [0.3, 0.4) is 0 Å². The molecule has 102 valence electrons. The molecule has 0 saturated carbocycles. The lowest BCUT2D eigenvalue weighted by atomic mass is 10.0. The fraction of sp³-hybridized carbons (Fsp3) is 0. The topological polar surface area (TPSA) is 55.1 Å². The summed E-state index contributed by atoms with van der Waals surface area (Å²) in [5, 5.41) is 6.95. The lowest BCUT2D eigenvalue weighted by Gasteiger charge is -2.22. The number of carbonyl (C=O) groups excluding carboxylic acids is 1. The summed E-state index contributed by atoms with van der Waals surface area (Å²) in [4.78, 5) is 14.7. The number of aromatic nitrogens is 1. The van der Waals surface area contributed by atoms with Gasteiger partial charge in [-0.15, -0.1) is 0 Å². The zero-order chi connectivity index (χ0) is 14.2. The number of hydrogen-bond donors (Lipinski definition) is 1. The first-order valence-corrected chi connectivity index (χ1v) is 7.25. The standard InChI is InChI=1S/C16H10N2O2S/c19-16(10-8-17-20-9-10)11-4-3-7-14-15(11)18-12-5-1-2-6-13(12)21-14/h1-9,18H. The van der Waals surface area contributed by atoms with Gasteiger partial charge in [0.05, 0.1) is 23.1 Å². The van der Waals surface area contributed by atoms with Crippen molar-refractivity contribution in [1.82, 2.24) is 5.16 Å². The zero-order valence-electron chi connectivity index (χ0n) is 10.9. The molecule has 4 rings (SSSR count). The Balaban J connectivity index is 1.81. The van der Waals surface area contributed by atoms with Crippen LogP contribution >= 0.6 is 11.8 Å². The van der Waals surface area contributed by atoms with Gasteiger partial charge < -0.3 is 9.84 Å². The number of ketones is 1. The number of anilines is 2. The molecule has 0 unspecified atom stereocenters. The Morgan fingerprint density at radius 2 is 1.95 bits per heavy atom. The van der Waals surface area contributed by atoms with Gasteiger partial charge >= 0.3 is 0 Å². The van der Waals surface area contributed by atoms with Crippen molar-refractivity contribution in [1.29, 1.82) is 0 Å². The third-order valence-corrected chi connectivity index (χ3v) is 4.47. The van der Waals surface area contributed by atoms with Crippen LogP contribution in [-0.4, -0.2) is 10.9 Å². The third kappa shape index (κ3) is 2.02. The molecule has 0 aliphatic carbocycles. The van der Waals surface area contributed by atoms with Crippen molar-refractivity contribution in [2.75, 3.05) is 5.32 Å². The smallest absolute Gasteiger partial charge is 0.200 e. The molecule has 4 nitrogen and oxygen atoms in total. The van der Waals surface area contributed by atoms with Gasteiger partial charge in [0.1, 0.15) is 6.26 Å². The lowest BCUT2D eigenvalue weighted by molar-refractivity contribution is 0.103. The fourth-order valence-corrected chi connectivity index (χ4v) is 3.34. The first kappa shape index (κ1) is 12.2. The number of nitrogens with one attached hydrogen (secondary N) is 1. The van der Waals surface area contributed by atoms with E-state index in [1.807, 2.05) is 36.4 Å². The second kappa shape index (κ2) is 4.79. The summed E-state index contributed by atoms with van der Waals surface area (Å²) < 4.78 is 4.76. The molecule has 0 saturated heterocycles. The van der Waals surface area contributed by atoms with Crippen LogP contribution in [0.4, 0.5) is 11.4 Å². The van der Waals surface area contributed by atoms with E-state index in [1.165, 1.54) is 12.5 Å². The molecular formula is C16H10N2O2S. The Kier molecular flexibility index (Phi) is 2.79. The molecule has 0 radical (unpaired) electrons. The molecule has 0 spiro atoms. The molecule has 1 N–H and O–H groups in total. The first-order valence-electron chi connectivity index (χ1n) is 6.44. The highest BCUT2D eigenvalue weighted by Gasteiger charge is 2.22. The van der Waals surface area contributed by atoms with Gasteiger partial charge in [-0.3, -0.25) is 4.79 Å². The minimum atomic E-state index is -0.0967. The van der Waals surface area contributed by atoms with Crippen molar-refractivity contribution in [3.05, 3.63) is 66.1 Å². The Bertz CT molecular complexity index is 828. The van der Waals surface area contributed by atoms with Crippen molar-refractivity contribution >= 4 is 28.9 Å². The van der Waals surface area contributed by atoms with Crippen LogP contribution in [0.15, 0.2) is 69.2 Å². The van der Waals surface area contributed by atoms with Crippen LogP contribution in [-0.2, 0) is 0 Å². The maximum absolute atomic E-state index is 12.5. The maximum Gasteiger partial charge on any atom is 0.200 e. The van der Waals surface area contributed by atoms with Crippen LogP contribution in [0.1, 0.15) is 15.9 Å². The number of carbonyl (C=O) groups is 1. The van der Waals surface area contributed by atoms with E-state index in [0.29, 0.717) is 11.1 Å². The predicted molar refractivity (Wildman–Crippen MR) is 80.2 cm³/mol. The lowest BCUT2D eigenvalue weighted by Crippen LogP contribution is -2.08. The molecule has 0 atom stereocenters. The average molecular weight is 294 g/mol. The Morgan fingerprint density at radius 3 is 2.81 bits per heavy atom. The van der Waals surface area contributed by atoms with Crippen molar-refractivity contribution in [2.24, 2.45) is 0 Å². The number of rotatable bonds is 2. The molecule has 21 heavy (non-hydrogen) atoms. The molecule has 3 aromatic rings.